The quantitative estimate of drug-likeness (QED) is 0.640. The van der Waals surface area contributed by atoms with E-state index in [1.54, 1.807) is 18.2 Å². The van der Waals surface area contributed by atoms with Gasteiger partial charge in [0.2, 0.25) is 0 Å². The van der Waals surface area contributed by atoms with Crippen LogP contribution in [0.4, 0.5) is 5.69 Å². The van der Waals surface area contributed by atoms with E-state index in [-0.39, 0.29) is 28.0 Å². The van der Waals surface area contributed by atoms with Crippen LogP contribution in [0.1, 0.15) is 31.0 Å². The van der Waals surface area contributed by atoms with Crippen molar-refractivity contribution in [3.8, 4) is 11.8 Å². The van der Waals surface area contributed by atoms with E-state index in [9.17, 15) is 10.1 Å². The third kappa shape index (κ3) is 2.24. The number of nitriles is 1. The van der Waals surface area contributed by atoms with Gasteiger partial charge in [-0.25, -0.2) is 4.68 Å². The second-order valence-corrected chi connectivity index (χ2v) is 4.83. The number of rotatable bonds is 3. The maximum Gasteiger partial charge on any atom is 0.294 e. The Morgan fingerprint density at radius 3 is 2.60 bits per heavy atom. The third-order valence-corrected chi connectivity index (χ3v) is 3.17. The van der Waals surface area contributed by atoms with Gasteiger partial charge in [-0.3, -0.25) is 10.1 Å². The highest BCUT2D eigenvalue weighted by Crippen LogP contribution is 2.31. The number of nitro groups is 1. The van der Waals surface area contributed by atoms with Gasteiger partial charge < -0.3 is 0 Å². The predicted octanol–water partition coefficient (Wildman–Crippen LogP) is 3.43. The first-order valence-electron chi connectivity index (χ1n) is 5.89. The Kier molecular flexibility index (Phi) is 3.72. The molecule has 0 spiro atoms. The van der Waals surface area contributed by atoms with Crippen LogP contribution in [0.3, 0.4) is 0 Å². The molecule has 0 bridgehead atoms. The van der Waals surface area contributed by atoms with Gasteiger partial charge in [-0.1, -0.05) is 37.6 Å². The van der Waals surface area contributed by atoms with Gasteiger partial charge in [0.05, 0.1) is 10.6 Å². The van der Waals surface area contributed by atoms with Gasteiger partial charge in [-0.15, -0.1) is 0 Å². The number of hydrogen-bond acceptors (Lipinski definition) is 4. The normalized spacial score (nSPS) is 10.6. The molecule has 7 heteroatoms. The van der Waals surface area contributed by atoms with Crippen LogP contribution in [-0.2, 0) is 0 Å². The average molecular weight is 291 g/mol. The van der Waals surface area contributed by atoms with Crippen LogP contribution >= 0.6 is 11.6 Å². The van der Waals surface area contributed by atoms with Crippen LogP contribution < -0.4 is 0 Å². The molecule has 102 valence electrons. The zero-order chi connectivity index (χ0) is 14.9. The Labute approximate surface area is 120 Å². The largest absolute Gasteiger partial charge is 0.294 e. The number of nitrogens with zero attached hydrogens (tertiary/aromatic N) is 4. The molecule has 2 aromatic rings. The number of benzene rings is 1. The van der Waals surface area contributed by atoms with Crippen LogP contribution in [0.2, 0.25) is 5.15 Å². The van der Waals surface area contributed by atoms with E-state index < -0.39 is 4.92 Å². The molecule has 1 aromatic carbocycles. The highest BCUT2D eigenvalue weighted by molar-refractivity contribution is 6.31. The lowest BCUT2D eigenvalue weighted by Crippen LogP contribution is -2.02. The fourth-order valence-electron chi connectivity index (χ4n) is 1.88. The SMILES string of the molecule is CC(C)c1nn(-c2ccccc2[N+](=O)[O-])c(Cl)c1C#N. The highest BCUT2D eigenvalue weighted by atomic mass is 35.5. The summed E-state index contributed by atoms with van der Waals surface area (Å²) in [5.41, 5.74) is 0.901. The Hall–Kier alpha value is -2.39. The molecular weight excluding hydrogens is 280 g/mol. The lowest BCUT2D eigenvalue weighted by atomic mass is 10.1. The summed E-state index contributed by atoms with van der Waals surface area (Å²) in [7, 11) is 0. The number of para-hydroxylation sites is 2. The van der Waals surface area contributed by atoms with Crippen molar-refractivity contribution in [2.24, 2.45) is 0 Å². The van der Waals surface area contributed by atoms with Crippen molar-refractivity contribution >= 4 is 17.3 Å². The van der Waals surface area contributed by atoms with Gasteiger partial charge in [-0.2, -0.15) is 10.4 Å². The fourth-order valence-corrected chi connectivity index (χ4v) is 2.15. The molecule has 0 aliphatic rings. The van der Waals surface area contributed by atoms with Crippen LogP contribution in [-0.4, -0.2) is 14.7 Å². The molecule has 0 fully saturated rings. The number of halogens is 1. The van der Waals surface area contributed by atoms with Crippen LogP contribution in [0, 0.1) is 21.4 Å². The molecule has 0 atom stereocenters. The first-order valence-corrected chi connectivity index (χ1v) is 6.27. The first kappa shape index (κ1) is 14.0. The standard InChI is InChI=1S/C13H11ClN4O2/c1-8(2)12-9(7-15)13(14)17(16-12)10-5-3-4-6-11(10)18(19)20/h3-6,8H,1-2H3. The molecule has 0 saturated heterocycles. The third-order valence-electron chi connectivity index (χ3n) is 2.82. The van der Waals surface area contributed by atoms with Crippen molar-refractivity contribution in [3.05, 3.63) is 50.8 Å². The molecule has 0 amide bonds. The Bertz CT molecular complexity index is 716. The smallest absolute Gasteiger partial charge is 0.258 e. The summed E-state index contributed by atoms with van der Waals surface area (Å²) < 4.78 is 1.24. The molecule has 0 unspecified atom stereocenters. The molecule has 0 aliphatic carbocycles. The maximum absolute atomic E-state index is 11.1. The first-order chi connectivity index (χ1) is 9.47. The topological polar surface area (TPSA) is 84.8 Å². The molecule has 1 heterocycles. The summed E-state index contributed by atoms with van der Waals surface area (Å²) in [6.07, 6.45) is 0. The van der Waals surface area contributed by atoms with E-state index in [0.29, 0.717) is 5.69 Å². The molecule has 0 N–H and O–H groups in total. The molecular formula is C13H11ClN4O2. The van der Waals surface area contributed by atoms with Crippen molar-refractivity contribution in [2.75, 3.05) is 0 Å². The number of hydrogen-bond donors (Lipinski definition) is 0. The van der Waals surface area contributed by atoms with Gasteiger partial charge in [0.1, 0.15) is 17.3 Å². The van der Waals surface area contributed by atoms with E-state index in [0.717, 1.165) is 0 Å². The summed E-state index contributed by atoms with van der Waals surface area (Å²) in [6.45, 7) is 3.76. The Balaban J connectivity index is 2.72. The highest BCUT2D eigenvalue weighted by Gasteiger charge is 2.23. The predicted molar refractivity (Wildman–Crippen MR) is 74.0 cm³/mol. The van der Waals surface area contributed by atoms with Gasteiger partial charge in [0.25, 0.3) is 5.69 Å². The van der Waals surface area contributed by atoms with Gasteiger partial charge >= 0.3 is 0 Å². The zero-order valence-electron chi connectivity index (χ0n) is 10.9. The van der Waals surface area contributed by atoms with Crippen LogP contribution in [0.5, 0.6) is 0 Å². The van der Waals surface area contributed by atoms with Crippen LogP contribution in [0.25, 0.3) is 5.69 Å². The average Bonchev–Trinajstić information content (AvgIpc) is 2.75. The van der Waals surface area contributed by atoms with Gasteiger partial charge in [0, 0.05) is 6.07 Å². The Morgan fingerprint density at radius 1 is 1.45 bits per heavy atom. The second-order valence-electron chi connectivity index (χ2n) is 4.48. The van der Waals surface area contributed by atoms with Crippen molar-refractivity contribution in [3.63, 3.8) is 0 Å². The van der Waals surface area contributed by atoms with E-state index in [4.69, 9.17) is 16.9 Å². The molecule has 20 heavy (non-hydrogen) atoms. The van der Waals surface area contributed by atoms with E-state index in [1.165, 1.54) is 10.7 Å². The molecule has 2 rings (SSSR count). The van der Waals surface area contributed by atoms with Crippen LogP contribution in [0.15, 0.2) is 24.3 Å². The minimum atomic E-state index is -0.506. The minimum Gasteiger partial charge on any atom is -0.258 e. The summed E-state index contributed by atoms with van der Waals surface area (Å²) in [4.78, 5) is 10.6. The van der Waals surface area contributed by atoms with E-state index in [2.05, 4.69) is 5.10 Å². The van der Waals surface area contributed by atoms with Crippen molar-refractivity contribution < 1.29 is 4.92 Å². The lowest BCUT2D eigenvalue weighted by molar-refractivity contribution is -0.384. The summed E-state index contributed by atoms with van der Waals surface area (Å²) in [5.74, 6) is -0.00818. The van der Waals surface area contributed by atoms with E-state index in [1.807, 2.05) is 19.9 Å². The zero-order valence-corrected chi connectivity index (χ0v) is 11.6. The molecule has 0 saturated carbocycles. The molecule has 0 aliphatic heterocycles. The summed E-state index contributed by atoms with van der Waals surface area (Å²) in [5, 5.41) is 24.6. The van der Waals surface area contributed by atoms with Gasteiger partial charge in [0.15, 0.2) is 5.15 Å². The Morgan fingerprint density at radius 2 is 2.10 bits per heavy atom. The maximum atomic E-state index is 11.1. The van der Waals surface area contributed by atoms with Crippen molar-refractivity contribution in [2.45, 2.75) is 19.8 Å². The monoisotopic (exact) mass is 290 g/mol. The van der Waals surface area contributed by atoms with E-state index >= 15 is 0 Å². The van der Waals surface area contributed by atoms with Crippen molar-refractivity contribution in [1.82, 2.24) is 9.78 Å². The summed E-state index contributed by atoms with van der Waals surface area (Å²) >= 11 is 6.14. The lowest BCUT2D eigenvalue weighted by Gasteiger charge is -2.04. The fraction of sp³-hybridized carbons (Fsp3) is 0.231. The molecule has 6 nitrogen and oxygen atoms in total. The van der Waals surface area contributed by atoms with Crippen molar-refractivity contribution in [1.29, 1.82) is 5.26 Å². The molecule has 0 radical (unpaired) electrons. The number of nitro benzene ring substituents is 1. The summed E-state index contributed by atoms with van der Waals surface area (Å²) in [6, 6.07) is 8.13. The molecule has 1 aromatic heterocycles. The second kappa shape index (κ2) is 5.31. The number of aromatic nitrogens is 2. The van der Waals surface area contributed by atoms with Gasteiger partial charge in [-0.05, 0) is 12.0 Å². The minimum absolute atomic E-state index is 0.00818.